The summed E-state index contributed by atoms with van der Waals surface area (Å²) in [5.74, 6) is -0.464. The third-order valence-electron chi connectivity index (χ3n) is 6.20. The van der Waals surface area contributed by atoms with Crippen LogP contribution in [-0.4, -0.2) is 48.8 Å². The van der Waals surface area contributed by atoms with Crippen molar-refractivity contribution < 1.29 is 18.7 Å². The summed E-state index contributed by atoms with van der Waals surface area (Å²) in [7, 11) is 0. The van der Waals surface area contributed by atoms with Crippen molar-refractivity contribution in [1.29, 1.82) is 0 Å². The molecule has 0 radical (unpaired) electrons. The van der Waals surface area contributed by atoms with Gasteiger partial charge in [0.05, 0.1) is 24.9 Å². The highest BCUT2D eigenvalue weighted by Crippen LogP contribution is 2.38. The summed E-state index contributed by atoms with van der Waals surface area (Å²) < 4.78 is 26.2. The molecule has 0 saturated carbocycles. The van der Waals surface area contributed by atoms with Gasteiger partial charge in [0.15, 0.2) is 0 Å². The quantitative estimate of drug-likeness (QED) is 0.782. The van der Waals surface area contributed by atoms with E-state index in [4.69, 9.17) is 9.47 Å². The van der Waals surface area contributed by atoms with Crippen LogP contribution in [0.15, 0.2) is 48.5 Å². The molecule has 2 atom stereocenters. The number of piperidine rings is 1. The van der Waals surface area contributed by atoms with E-state index in [9.17, 15) is 9.18 Å². The Labute approximate surface area is 177 Å². The van der Waals surface area contributed by atoms with Gasteiger partial charge in [0.1, 0.15) is 5.82 Å². The molecule has 2 fully saturated rings. The number of likely N-dealkylation sites (tertiary alicyclic amines) is 1. The number of benzene rings is 2. The zero-order valence-corrected chi connectivity index (χ0v) is 17.4. The largest absolute Gasteiger partial charge is 0.372 e. The van der Waals surface area contributed by atoms with E-state index in [0.717, 1.165) is 38.0 Å². The molecule has 2 heterocycles. The van der Waals surface area contributed by atoms with Gasteiger partial charge in [0.25, 0.3) is 0 Å². The van der Waals surface area contributed by atoms with Crippen LogP contribution in [0.1, 0.15) is 30.4 Å². The topological polar surface area (TPSA) is 50.8 Å². The van der Waals surface area contributed by atoms with Crippen LogP contribution in [0.25, 0.3) is 0 Å². The van der Waals surface area contributed by atoms with E-state index in [2.05, 4.69) is 22.3 Å². The molecule has 0 unspecified atom stereocenters. The van der Waals surface area contributed by atoms with Crippen LogP contribution in [-0.2, 0) is 20.9 Å². The molecule has 6 heteroatoms. The minimum atomic E-state index is -0.319. The fourth-order valence-corrected chi connectivity index (χ4v) is 4.43. The minimum Gasteiger partial charge on any atom is -0.372 e. The maximum atomic E-state index is 13.7. The molecule has 4 rings (SSSR count). The molecular weight excluding hydrogens is 383 g/mol. The number of carbonyl (C=O) groups is 1. The van der Waals surface area contributed by atoms with Gasteiger partial charge in [-0.05, 0) is 43.9 Å². The first-order valence-corrected chi connectivity index (χ1v) is 10.6. The van der Waals surface area contributed by atoms with Crippen LogP contribution in [0.2, 0.25) is 0 Å². The zero-order chi connectivity index (χ0) is 21.0. The number of anilines is 1. The smallest absolute Gasteiger partial charge is 0.238 e. The molecule has 0 aromatic heterocycles. The third kappa shape index (κ3) is 4.72. The van der Waals surface area contributed by atoms with Gasteiger partial charge in [0.2, 0.25) is 5.91 Å². The first kappa shape index (κ1) is 21.0. The average Bonchev–Trinajstić information content (AvgIpc) is 3.22. The predicted octanol–water partition coefficient (Wildman–Crippen LogP) is 3.91. The van der Waals surface area contributed by atoms with Crippen molar-refractivity contribution in [3.05, 3.63) is 65.5 Å². The zero-order valence-electron chi connectivity index (χ0n) is 17.4. The van der Waals surface area contributed by atoms with Crippen LogP contribution in [0, 0.1) is 12.7 Å². The standard InChI is InChI=1S/C24H29FN2O3/c1-18-20(25)9-5-10-21(18)26-23(28)16-27-13-12-24(11-6-14-30-24)22(15-27)29-17-19-7-3-2-4-8-19/h2-5,7-10,22H,6,11-17H2,1H3,(H,26,28)/t22-,24-/m0/s1. The Kier molecular flexibility index (Phi) is 6.46. The number of halogens is 1. The predicted molar refractivity (Wildman–Crippen MR) is 114 cm³/mol. The second-order valence-corrected chi connectivity index (χ2v) is 8.25. The normalized spacial score (nSPS) is 24.3. The first-order chi connectivity index (χ1) is 14.6. The van der Waals surface area contributed by atoms with Crippen LogP contribution in [0.3, 0.4) is 0 Å². The summed E-state index contributed by atoms with van der Waals surface area (Å²) in [6.07, 6.45) is 2.80. The van der Waals surface area contributed by atoms with Crippen molar-refractivity contribution in [1.82, 2.24) is 4.90 Å². The molecule has 2 aliphatic heterocycles. The lowest BCUT2D eigenvalue weighted by molar-refractivity contribution is -0.159. The summed E-state index contributed by atoms with van der Waals surface area (Å²) >= 11 is 0. The highest BCUT2D eigenvalue weighted by molar-refractivity contribution is 5.93. The van der Waals surface area contributed by atoms with E-state index in [1.807, 2.05) is 18.2 Å². The van der Waals surface area contributed by atoms with Crippen LogP contribution >= 0.6 is 0 Å². The van der Waals surface area contributed by atoms with E-state index in [1.165, 1.54) is 6.07 Å². The Balaban J connectivity index is 1.38. The van der Waals surface area contributed by atoms with Crippen LogP contribution < -0.4 is 5.32 Å². The lowest BCUT2D eigenvalue weighted by atomic mass is 9.85. The van der Waals surface area contributed by atoms with Gasteiger partial charge < -0.3 is 14.8 Å². The highest BCUT2D eigenvalue weighted by Gasteiger charge is 2.47. The van der Waals surface area contributed by atoms with Crippen molar-refractivity contribution in [2.75, 3.05) is 31.6 Å². The maximum absolute atomic E-state index is 13.7. The van der Waals surface area contributed by atoms with Gasteiger partial charge in [-0.2, -0.15) is 0 Å². The van der Waals surface area contributed by atoms with E-state index < -0.39 is 0 Å². The van der Waals surface area contributed by atoms with Crippen molar-refractivity contribution >= 4 is 11.6 Å². The van der Waals surface area contributed by atoms with E-state index in [-0.39, 0.29) is 30.0 Å². The fourth-order valence-electron chi connectivity index (χ4n) is 4.43. The van der Waals surface area contributed by atoms with Gasteiger partial charge in [-0.15, -0.1) is 0 Å². The molecule has 2 aliphatic rings. The maximum Gasteiger partial charge on any atom is 0.238 e. The van der Waals surface area contributed by atoms with Crippen molar-refractivity contribution in [2.45, 2.75) is 44.5 Å². The molecule has 2 aromatic rings. The number of rotatable bonds is 6. The SMILES string of the molecule is Cc1c(F)cccc1NC(=O)CN1CC[C@@]2(CCCO2)[C@@H](OCc2ccccc2)C1. The van der Waals surface area contributed by atoms with E-state index >= 15 is 0 Å². The molecule has 160 valence electrons. The molecule has 0 aliphatic carbocycles. The Morgan fingerprint density at radius 1 is 1.23 bits per heavy atom. The second-order valence-electron chi connectivity index (χ2n) is 8.25. The molecular formula is C24H29FN2O3. The molecule has 2 saturated heterocycles. The van der Waals surface area contributed by atoms with Gasteiger partial charge in [0, 0.05) is 30.9 Å². The van der Waals surface area contributed by atoms with E-state index in [1.54, 1.807) is 19.1 Å². The Morgan fingerprint density at radius 2 is 2.07 bits per heavy atom. The number of hydrogen-bond acceptors (Lipinski definition) is 4. The molecule has 1 amide bonds. The molecule has 30 heavy (non-hydrogen) atoms. The number of nitrogens with one attached hydrogen (secondary N) is 1. The number of ether oxygens (including phenoxy) is 2. The van der Waals surface area contributed by atoms with Crippen molar-refractivity contribution in [3.63, 3.8) is 0 Å². The van der Waals surface area contributed by atoms with Gasteiger partial charge >= 0.3 is 0 Å². The average molecular weight is 413 g/mol. The first-order valence-electron chi connectivity index (χ1n) is 10.6. The van der Waals surface area contributed by atoms with Crippen molar-refractivity contribution in [2.24, 2.45) is 0 Å². The van der Waals surface area contributed by atoms with Gasteiger partial charge in [-0.25, -0.2) is 4.39 Å². The van der Waals surface area contributed by atoms with E-state index in [0.29, 0.717) is 24.4 Å². The molecule has 1 spiro atoms. The summed E-state index contributed by atoms with van der Waals surface area (Å²) in [5, 5.41) is 2.84. The molecule has 1 N–H and O–H groups in total. The van der Waals surface area contributed by atoms with Crippen LogP contribution in [0.5, 0.6) is 0 Å². The summed E-state index contributed by atoms with van der Waals surface area (Å²) in [5.41, 5.74) is 1.85. The number of nitrogens with zero attached hydrogens (tertiary/aromatic N) is 1. The Hall–Kier alpha value is -2.28. The summed E-state index contributed by atoms with van der Waals surface area (Å²) in [6.45, 7) is 4.63. The number of hydrogen-bond donors (Lipinski definition) is 1. The minimum absolute atomic E-state index is 0.0855. The Morgan fingerprint density at radius 3 is 2.83 bits per heavy atom. The number of amides is 1. The molecule has 5 nitrogen and oxygen atoms in total. The lowest BCUT2D eigenvalue weighted by Crippen LogP contribution is -2.57. The second kappa shape index (κ2) is 9.25. The number of carbonyl (C=O) groups excluding carboxylic acids is 1. The van der Waals surface area contributed by atoms with Crippen LogP contribution in [0.4, 0.5) is 10.1 Å². The third-order valence-corrected chi connectivity index (χ3v) is 6.20. The summed E-state index contributed by atoms with van der Waals surface area (Å²) in [6, 6.07) is 14.8. The molecule has 0 bridgehead atoms. The summed E-state index contributed by atoms with van der Waals surface area (Å²) in [4.78, 5) is 14.7. The van der Waals surface area contributed by atoms with Gasteiger partial charge in [-0.3, -0.25) is 9.69 Å². The lowest BCUT2D eigenvalue weighted by Gasteiger charge is -2.44. The monoisotopic (exact) mass is 412 g/mol. The van der Waals surface area contributed by atoms with Crippen molar-refractivity contribution in [3.8, 4) is 0 Å². The van der Waals surface area contributed by atoms with Gasteiger partial charge in [-0.1, -0.05) is 36.4 Å². The molecule has 2 aromatic carbocycles. The fraction of sp³-hybridized carbons (Fsp3) is 0.458. The Bertz CT molecular complexity index is 868. The highest BCUT2D eigenvalue weighted by atomic mass is 19.1.